The number of furan rings is 1. The molecule has 0 spiro atoms. The van der Waals surface area contributed by atoms with Crippen molar-refractivity contribution in [2.45, 2.75) is 81.6 Å². The first kappa shape index (κ1) is 32.3. The summed E-state index contributed by atoms with van der Waals surface area (Å²) in [6, 6.07) is 5.85. The monoisotopic (exact) mass is 610 g/mol. The van der Waals surface area contributed by atoms with E-state index in [1.807, 2.05) is 0 Å². The zero-order valence-electron chi connectivity index (χ0n) is 23.5. The second-order valence-electron chi connectivity index (χ2n) is 11.2. The fourth-order valence-corrected chi connectivity index (χ4v) is 4.59. The summed E-state index contributed by atoms with van der Waals surface area (Å²) >= 11 is 0. The van der Waals surface area contributed by atoms with Crippen molar-refractivity contribution in [2.75, 3.05) is 13.2 Å². The molecule has 3 aromatic rings. The van der Waals surface area contributed by atoms with Crippen LogP contribution in [-0.2, 0) is 23.8 Å². The maximum atomic E-state index is 12.8. The number of carbonyl (C=O) groups is 2. The molecule has 0 amide bonds. The van der Waals surface area contributed by atoms with Gasteiger partial charge in [0.15, 0.2) is 18.5 Å². The molecular weight excluding hydrogens is 576 g/mol. The Morgan fingerprint density at radius 3 is 2.33 bits per heavy atom. The molecule has 2 aromatic heterocycles. The normalized spacial score (nSPS) is 24.8. The molecular formula is C28H34O15. The van der Waals surface area contributed by atoms with Crippen LogP contribution in [0, 0.1) is 0 Å². The Hall–Kier alpha value is -3.57. The van der Waals surface area contributed by atoms with Gasteiger partial charge in [-0.3, -0.25) is 9.59 Å². The highest BCUT2D eigenvalue weighted by Crippen LogP contribution is 2.35. The quantitative estimate of drug-likeness (QED) is 0.118. The van der Waals surface area contributed by atoms with E-state index in [2.05, 4.69) is 0 Å². The minimum Gasteiger partial charge on any atom is -0.488 e. The highest BCUT2D eigenvalue weighted by Gasteiger charge is 2.46. The summed E-state index contributed by atoms with van der Waals surface area (Å²) in [5.41, 5.74) is -3.71. The zero-order valence-corrected chi connectivity index (χ0v) is 23.5. The van der Waals surface area contributed by atoms with Crippen LogP contribution < -0.4 is 10.4 Å². The van der Waals surface area contributed by atoms with Gasteiger partial charge in [-0.1, -0.05) is 0 Å². The molecule has 0 aliphatic carbocycles. The average Bonchev–Trinajstić information content (AvgIpc) is 3.37. The van der Waals surface area contributed by atoms with E-state index in [1.165, 1.54) is 38.3 Å². The number of hydrogen-bond donors (Lipinski definition) is 6. The Morgan fingerprint density at radius 1 is 0.977 bits per heavy atom. The third kappa shape index (κ3) is 7.51. The summed E-state index contributed by atoms with van der Waals surface area (Å²) < 4.78 is 31.9. The summed E-state index contributed by atoms with van der Waals surface area (Å²) in [5, 5.41) is 61.7. The minimum atomic E-state index is -2.04. The van der Waals surface area contributed by atoms with Crippen molar-refractivity contribution < 1.29 is 68.0 Å². The van der Waals surface area contributed by atoms with E-state index in [9.17, 15) is 45.0 Å². The minimum absolute atomic E-state index is 0.187. The number of esters is 2. The number of benzene rings is 1. The number of aliphatic hydroxyl groups is 6. The third-order valence-corrected chi connectivity index (χ3v) is 6.91. The predicted octanol–water partition coefficient (Wildman–Crippen LogP) is -0.525. The fraction of sp³-hybridized carbons (Fsp3) is 0.536. The Morgan fingerprint density at radius 2 is 1.65 bits per heavy atom. The van der Waals surface area contributed by atoms with Gasteiger partial charge in [-0.15, -0.1) is 0 Å². The van der Waals surface area contributed by atoms with Crippen molar-refractivity contribution in [1.82, 2.24) is 0 Å². The molecule has 1 saturated heterocycles. The number of aliphatic hydroxyl groups excluding tert-OH is 4. The van der Waals surface area contributed by atoms with Crippen LogP contribution in [0.2, 0.25) is 0 Å². The summed E-state index contributed by atoms with van der Waals surface area (Å²) in [6.45, 7) is 2.78. The molecule has 43 heavy (non-hydrogen) atoms. The molecule has 1 aromatic carbocycles. The third-order valence-electron chi connectivity index (χ3n) is 6.91. The molecule has 0 bridgehead atoms. The number of ether oxygens (including phenoxy) is 4. The van der Waals surface area contributed by atoms with E-state index in [1.54, 1.807) is 6.07 Å². The first-order valence-electron chi connectivity index (χ1n) is 13.3. The van der Waals surface area contributed by atoms with E-state index in [0.29, 0.717) is 16.4 Å². The maximum absolute atomic E-state index is 12.8. The van der Waals surface area contributed by atoms with Gasteiger partial charge in [0.05, 0.1) is 47.7 Å². The predicted molar refractivity (Wildman–Crippen MR) is 144 cm³/mol. The molecule has 15 nitrogen and oxygen atoms in total. The van der Waals surface area contributed by atoms with E-state index in [0.717, 1.165) is 6.92 Å². The Bertz CT molecular complexity index is 1500. The first-order chi connectivity index (χ1) is 20.1. The maximum Gasteiger partial charge on any atom is 0.336 e. The van der Waals surface area contributed by atoms with Crippen LogP contribution in [-0.4, -0.2) is 104 Å². The van der Waals surface area contributed by atoms with Crippen molar-refractivity contribution in [3.8, 4) is 5.75 Å². The molecule has 7 atom stereocenters. The zero-order chi connectivity index (χ0) is 31.7. The van der Waals surface area contributed by atoms with Crippen LogP contribution in [0.3, 0.4) is 0 Å². The number of carbonyl (C=O) groups excluding carboxylic acids is 2. The fourth-order valence-electron chi connectivity index (χ4n) is 4.59. The molecule has 6 N–H and O–H groups in total. The van der Waals surface area contributed by atoms with Gasteiger partial charge < -0.3 is 58.4 Å². The van der Waals surface area contributed by atoms with E-state index < -0.39 is 85.0 Å². The second-order valence-corrected chi connectivity index (χ2v) is 11.2. The summed E-state index contributed by atoms with van der Waals surface area (Å²) in [4.78, 5) is 37.1. The van der Waals surface area contributed by atoms with Crippen molar-refractivity contribution in [1.29, 1.82) is 0 Å². The summed E-state index contributed by atoms with van der Waals surface area (Å²) in [7, 11) is 0. The molecule has 1 aliphatic rings. The van der Waals surface area contributed by atoms with Crippen molar-refractivity contribution in [2.24, 2.45) is 0 Å². The number of fused-ring (bicyclic) bond motifs is 2. The molecule has 0 radical (unpaired) electrons. The largest absolute Gasteiger partial charge is 0.488 e. The van der Waals surface area contributed by atoms with Gasteiger partial charge in [0.2, 0.25) is 0 Å². The lowest BCUT2D eigenvalue weighted by Crippen LogP contribution is -2.60. The molecule has 15 heteroatoms. The Balaban J connectivity index is 1.41. The van der Waals surface area contributed by atoms with Gasteiger partial charge in [0.1, 0.15) is 41.8 Å². The lowest BCUT2D eigenvalue weighted by molar-refractivity contribution is -0.290. The van der Waals surface area contributed by atoms with Gasteiger partial charge in [-0.05, 0) is 32.9 Å². The van der Waals surface area contributed by atoms with Crippen molar-refractivity contribution in [3.63, 3.8) is 0 Å². The van der Waals surface area contributed by atoms with Gasteiger partial charge in [-0.2, -0.15) is 0 Å². The van der Waals surface area contributed by atoms with E-state index >= 15 is 0 Å². The van der Waals surface area contributed by atoms with Gasteiger partial charge in [-0.25, -0.2) is 4.79 Å². The van der Waals surface area contributed by atoms with Crippen LogP contribution in [0.15, 0.2) is 44.2 Å². The molecule has 3 heterocycles. The van der Waals surface area contributed by atoms with Crippen LogP contribution in [0.5, 0.6) is 5.75 Å². The lowest BCUT2D eigenvalue weighted by Gasteiger charge is -2.39. The van der Waals surface area contributed by atoms with E-state index in [4.69, 9.17) is 27.8 Å². The number of rotatable bonds is 11. The van der Waals surface area contributed by atoms with Crippen LogP contribution >= 0.6 is 0 Å². The van der Waals surface area contributed by atoms with E-state index in [-0.39, 0.29) is 17.9 Å². The number of hydrogen-bond acceptors (Lipinski definition) is 15. The molecule has 236 valence electrons. The summed E-state index contributed by atoms with van der Waals surface area (Å²) in [5.74, 6) is -1.90. The lowest BCUT2D eigenvalue weighted by atomic mass is 9.96. The van der Waals surface area contributed by atoms with Crippen LogP contribution in [0.25, 0.3) is 21.9 Å². The van der Waals surface area contributed by atoms with Gasteiger partial charge >= 0.3 is 17.6 Å². The molecule has 1 aliphatic heterocycles. The summed E-state index contributed by atoms with van der Waals surface area (Å²) in [6.07, 6.45) is -9.80. The SMILES string of the molecule is CC(O)(CC(=O)O[C@@H]1[C@@H](O)[C@H](O)O[C@H](CO)[C@H]1O)CC(=O)O[C@H](COc1c2ccoc2cc2oc(=O)ccc12)C(C)(C)O. The highest BCUT2D eigenvalue weighted by molar-refractivity contribution is 6.01. The van der Waals surface area contributed by atoms with Crippen molar-refractivity contribution in [3.05, 3.63) is 40.9 Å². The topological polar surface area (TPSA) is 236 Å². The second kappa shape index (κ2) is 12.6. The molecule has 4 rings (SSSR count). The Labute approximate surface area is 243 Å². The molecule has 1 fully saturated rings. The van der Waals surface area contributed by atoms with Crippen LogP contribution in [0.1, 0.15) is 33.6 Å². The van der Waals surface area contributed by atoms with Gasteiger partial charge in [0, 0.05) is 12.1 Å². The average molecular weight is 611 g/mol. The highest BCUT2D eigenvalue weighted by atomic mass is 16.7. The standard InChI is InChI=1S/C28H34O15/c1-27(2,36)18(12-39-24-13-4-5-19(30)40-16(13)8-15-14(24)6-7-38-15)42-20(31)9-28(3,37)10-21(32)43-25-22(33)17(11-29)41-26(35)23(25)34/h4-8,17-18,22-23,25-26,29,33-37H,9-12H2,1-3H3/t17-,18-,22-,23-,25+,26-,28?/m1/s1. The van der Waals surface area contributed by atoms with Crippen molar-refractivity contribution >= 4 is 33.9 Å². The van der Waals surface area contributed by atoms with Gasteiger partial charge in [0.25, 0.3) is 0 Å². The molecule has 0 saturated carbocycles. The van der Waals surface area contributed by atoms with Crippen LogP contribution in [0.4, 0.5) is 0 Å². The first-order valence-corrected chi connectivity index (χ1v) is 13.3. The Kier molecular flexibility index (Phi) is 9.46. The smallest absolute Gasteiger partial charge is 0.336 e. The molecule has 1 unspecified atom stereocenters.